The molecule has 2 fully saturated rings. The van der Waals surface area contributed by atoms with Crippen molar-refractivity contribution in [1.82, 2.24) is 19.8 Å². The monoisotopic (exact) mass is 517 g/mol. The second kappa shape index (κ2) is 12.3. The highest BCUT2D eigenvalue weighted by Gasteiger charge is 2.27. The topological polar surface area (TPSA) is 52.6 Å². The van der Waals surface area contributed by atoms with Crippen molar-refractivity contribution in [3.05, 3.63) is 53.2 Å². The second-order valence-corrected chi connectivity index (χ2v) is 11.1. The van der Waals surface area contributed by atoms with Crippen molar-refractivity contribution < 1.29 is 9.18 Å². The molecular formula is C28H41ClFN5O. The molecule has 1 aromatic heterocycles. The van der Waals surface area contributed by atoms with Gasteiger partial charge in [-0.25, -0.2) is 14.4 Å². The lowest BCUT2D eigenvalue weighted by Crippen LogP contribution is -2.47. The molecule has 198 valence electrons. The molecule has 2 aliphatic rings. The highest BCUT2D eigenvalue weighted by molar-refractivity contribution is 5.93. The average molecular weight is 518 g/mol. The SMILES string of the molecule is CN(CCCCN1CCN(c2cc(C3CCC3)nc(C(C)(C)C)n2)CC1)C(=O)c1ccc(F)cc1.Cl. The normalized spacial score (nSPS) is 16.9. The molecule has 1 aliphatic heterocycles. The van der Waals surface area contributed by atoms with Crippen LogP contribution in [0.4, 0.5) is 10.2 Å². The minimum absolute atomic E-state index is 0. The Morgan fingerprint density at radius 2 is 1.72 bits per heavy atom. The number of anilines is 1. The van der Waals surface area contributed by atoms with E-state index < -0.39 is 0 Å². The maximum atomic E-state index is 13.1. The van der Waals surface area contributed by atoms with Gasteiger partial charge in [-0.05, 0) is 56.5 Å². The van der Waals surface area contributed by atoms with Gasteiger partial charge in [0.05, 0.1) is 0 Å². The number of piperazine rings is 1. The summed E-state index contributed by atoms with van der Waals surface area (Å²) in [5, 5.41) is 0. The lowest BCUT2D eigenvalue weighted by molar-refractivity contribution is 0.0791. The van der Waals surface area contributed by atoms with E-state index in [2.05, 4.69) is 36.6 Å². The summed E-state index contributed by atoms with van der Waals surface area (Å²) in [5.41, 5.74) is 1.71. The van der Waals surface area contributed by atoms with Crippen LogP contribution in [0.25, 0.3) is 0 Å². The molecule has 0 spiro atoms. The Bertz CT molecular complexity index is 998. The van der Waals surface area contributed by atoms with E-state index in [0.717, 1.165) is 57.2 Å². The Balaban J connectivity index is 0.00000361. The highest BCUT2D eigenvalue weighted by Crippen LogP contribution is 2.37. The van der Waals surface area contributed by atoms with Gasteiger partial charge in [0.1, 0.15) is 17.5 Å². The van der Waals surface area contributed by atoms with Gasteiger partial charge in [0.25, 0.3) is 5.91 Å². The fourth-order valence-electron chi connectivity index (χ4n) is 4.66. The summed E-state index contributed by atoms with van der Waals surface area (Å²) in [6.45, 7) is 12.3. The van der Waals surface area contributed by atoms with Crippen LogP contribution in [0, 0.1) is 5.82 Å². The number of hydrogen-bond donors (Lipinski definition) is 0. The molecule has 6 nitrogen and oxygen atoms in total. The first kappa shape index (κ1) is 28.3. The summed E-state index contributed by atoms with van der Waals surface area (Å²) in [4.78, 5) is 29.1. The molecule has 1 aromatic carbocycles. The molecule has 0 N–H and O–H groups in total. The zero-order valence-electron chi connectivity index (χ0n) is 22.2. The van der Waals surface area contributed by atoms with E-state index in [1.807, 2.05) is 7.05 Å². The first-order chi connectivity index (χ1) is 16.7. The number of unbranched alkanes of at least 4 members (excludes halogenated alkanes) is 1. The standard InChI is InChI=1S/C28H40FN5O.ClH/c1-28(2,3)27-30-24(21-8-7-9-21)20-25(31-27)34-18-16-33(17-19-34)15-6-5-14-32(4)26(35)22-10-12-23(29)13-11-22;/h10-13,20-21H,5-9,14-19H2,1-4H3;1H. The van der Waals surface area contributed by atoms with Gasteiger partial charge >= 0.3 is 0 Å². The van der Waals surface area contributed by atoms with Crippen LogP contribution in [0.5, 0.6) is 0 Å². The average Bonchev–Trinajstić information content (AvgIpc) is 2.80. The summed E-state index contributed by atoms with van der Waals surface area (Å²) >= 11 is 0. The van der Waals surface area contributed by atoms with Gasteiger partial charge in [-0.1, -0.05) is 27.2 Å². The number of halogens is 2. The fraction of sp³-hybridized carbons (Fsp3) is 0.607. The summed E-state index contributed by atoms with van der Waals surface area (Å²) in [6, 6.07) is 8.00. The third-order valence-electron chi connectivity index (χ3n) is 7.28. The molecular weight excluding hydrogens is 477 g/mol. The van der Waals surface area contributed by atoms with E-state index in [4.69, 9.17) is 9.97 Å². The first-order valence-corrected chi connectivity index (χ1v) is 13.1. The van der Waals surface area contributed by atoms with E-state index >= 15 is 0 Å². The number of hydrogen-bond acceptors (Lipinski definition) is 5. The van der Waals surface area contributed by atoms with Crippen LogP contribution in [0.3, 0.4) is 0 Å². The molecule has 4 rings (SSSR count). The van der Waals surface area contributed by atoms with Gasteiger partial charge in [0.15, 0.2) is 0 Å². The number of benzene rings is 1. The molecule has 0 radical (unpaired) electrons. The maximum absolute atomic E-state index is 13.1. The molecule has 1 aliphatic carbocycles. The lowest BCUT2D eigenvalue weighted by atomic mass is 9.82. The molecule has 0 bridgehead atoms. The van der Waals surface area contributed by atoms with Crippen molar-refractivity contribution in [3.8, 4) is 0 Å². The number of aromatic nitrogens is 2. The van der Waals surface area contributed by atoms with E-state index in [1.54, 1.807) is 17.0 Å². The zero-order valence-corrected chi connectivity index (χ0v) is 23.0. The number of amides is 1. The van der Waals surface area contributed by atoms with Crippen molar-refractivity contribution in [3.63, 3.8) is 0 Å². The quantitative estimate of drug-likeness (QED) is 0.446. The van der Waals surface area contributed by atoms with Gasteiger partial charge in [-0.2, -0.15) is 0 Å². The number of rotatable bonds is 8. The van der Waals surface area contributed by atoms with Crippen LogP contribution in [-0.4, -0.2) is 72.0 Å². The largest absolute Gasteiger partial charge is 0.354 e. The zero-order chi connectivity index (χ0) is 25.0. The van der Waals surface area contributed by atoms with Gasteiger partial charge in [0.2, 0.25) is 0 Å². The minimum atomic E-state index is -0.322. The van der Waals surface area contributed by atoms with E-state index in [0.29, 0.717) is 18.0 Å². The third kappa shape index (κ3) is 7.16. The Morgan fingerprint density at radius 1 is 1.06 bits per heavy atom. The predicted molar refractivity (Wildman–Crippen MR) is 146 cm³/mol. The molecule has 8 heteroatoms. The molecule has 0 unspecified atom stereocenters. The van der Waals surface area contributed by atoms with E-state index in [-0.39, 0.29) is 29.5 Å². The third-order valence-corrected chi connectivity index (χ3v) is 7.28. The number of carbonyl (C=O) groups is 1. The van der Waals surface area contributed by atoms with Gasteiger partial charge in [-0.3, -0.25) is 9.69 Å². The molecule has 1 saturated heterocycles. The van der Waals surface area contributed by atoms with Gasteiger partial charge in [0, 0.05) is 68.4 Å². The summed E-state index contributed by atoms with van der Waals surface area (Å²) < 4.78 is 13.1. The lowest BCUT2D eigenvalue weighted by Gasteiger charge is -2.36. The van der Waals surface area contributed by atoms with Crippen molar-refractivity contribution in [2.24, 2.45) is 0 Å². The molecule has 1 saturated carbocycles. The van der Waals surface area contributed by atoms with Crippen LogP contribution in [0.1, 0.15) is 80.7 Å². The van der Waals surface area contributed by atoms with Crippen LogP contribution in [0.15, 0.2) is 30.3 Å². The summed E-state index contributed by atoms with van der Waals surface area (Å²) in [7, 11) is 1.82. The Kier molecular flexibility index (Phi) is 9.70. The Morgan fingerprint density at radius 3 is 2.31 bits per heavy atom. The van der Waals surface area contributed by atoms with Crippen molar-refractivity contribution in [2.75, 3.05) is 51.2 Å². The minimum Gasteiger partial charge on any atom is -0.354 e. The maximum Gasteiger partial charge on any atom is 0.253 e. The summed E-state index contributed by atoms with van der Waals surface area (Å²) in [6.07, 6.45) is 5.81. The molecule has 2 heterocycles. The molecule has 2 aromatic rings. The first-order valence-electron chi connectivity index (χ1n) is 13.1. The van der Waals surface area contributed by atoms with Crippen LogP contribution in [0.2, 0.25) is 0 Å². The molecule has 36 heavy (non-hydrogen) atoms. The van der Waals surface area contributed by atoms with Crippen LogP contribution in [-0.2, 0) is 5.41 Å². The van der Waals surface area contributed by atoms with E-state index in [9.17, 15) is 9.18 Å². The van der Waals surface area contributed by atoms with Crippen molar-refractivity contribution >= 4 is 24.1 Å². The van der Waals surface area contributed by atoms with E-state index in [1.165, 1.54) is 37.1 Å². The Hall–Kier alpha value is -2.25. The number of nitrogens with zero attached hydrogens (tertiary/aromatic N) is 5. The number of carbonyl (C=O) groups excluding carboxylic acids is 1. The van der Waals surface area contributed by atoms with Gasteiger partial charge in [-0.15, -0.1) is 12.4 Å². The molecule has 0 atom stereocenters. The highest BCUT2D eigenvalue weighted by atomic mass is 35.5. The van der Waals surface area contributed by atoms with Crippen LogP contribution < -0.4 is 4.90 Å². The second-order valence-electron chi connectivity index (χ2n) is 11.1. The van der Waals surface area contributed by atoms with Gasteiger partial charge < -0.3 is 9.80 Å². The van der Waals surface area contributed by atoms with Crippen molar-refractivity contribution in [2.45, 2.75) is 64.2 Å². The van der Waals surface area contributed by atoms with Crippen LogP contribution >= 0.6 is 12.4 Å². The fourth-order valence-corrected chi connectivity index (χ4v) is 4.66. The smallest absolute Gasteiger partial charge is 0.253 e. The molecule has 1 amide bonds. The van der Waals surface area contributed by atoms with Crippen molar-refractivity contribution in [1.29, 1.82) is 0 Å². The Labute approximate surface area is 221 Å². The summed E-state index contributed by atoms with van der Waals surface area (Å²) in [5.74, 6) is 2.27. The predicted octanol–water partition coefficient (Wildman–Crippen LogP) is 5.28.